The zero-order valence-corrected chi connectivity index (χ0v) is 25.5. The maximum absolute atomic E-state index is 13.3. The van der Waals surface area contributed by atoms with Crippen LogP contribution in [-0.4, -0.2) is 34.5 Å². The Balaban J connectivity index is 1.55. The molecule has 0 aliphatic heterocycles. The predicted molar refractivity (Wildman–Crippen MR) is 166 cm³/mol. The van der Waals surface area contributed by atoms with Crippen molar-refractivity contribution in [2.24, 2.45) is 0 Å². The van der Waals surface area contributed by atoms with E-state index in [-0.39, 0.29) is 38.7 Å². The lowest BCUT2D eigenvalue weighted by Crippen LogP contribution is -2.25. The van der Waals surface area contributed by atoms with E-state index in [2.05, 4.69) is 37.1 Å². The number of nitrogens with one attached hydrogen (secondary N) is 2. The van der Waals surface area contributed by atoms with Crippen LogP contribution in [0.5, 0.6) is 0 Å². The Hall–Kier alpha value is -4.98. The molecule has 218 valence electrons. The van der Waals surface area contributed by atoms with Crippen LogP contribution in [-0.2, 0) is 14.8 Å². The standard InChI is InChI=1S/C30H28N8O3S2/c1-5-25(42-29-24(16-32)26(23(15-31)27(33)37-29)20-8-6-17(2)7-9-20)28(39)36-21-10-12-22(13-11-21)43(40,41)38-30-34-18(3)14-19(4)35-30/h6-14,25H,5H2,1-4H3,(H2,33,37)(H,36,39)(H,34,35,38). The van der Waals surface area contributed by atoms with Crippen molar-refractivity contribution >= 4 is 45.1 Å². The molecule has 4 rings (SSSR count). The largest absolute Gasteiger partial charge is 0.383 e. The van der Waals surface area contributed by atoms with E-state index < -0.39 is 15.3 Å². The van der Waals surface area contributed by atoms with Crippen LogP contribution in [0.1, 0.15) is 41.4 Å². The topological polar surface area (TPSA) is 188 Å². The number of aryl methyl sites for hydroxylation is 3. The molecule has 13 heteroatoms. The number of hydrogen-bond donors (Lipinski definition) is 3. The second-order valence-corrected chi connectivity index (χ2v) is 12.5. The molecule has 0 aliphatic carbocycles. The number of nitrogens with two attached hydrogens (primary N) is 1. The number of anilines is 3. The predicted octanol–water partition coefficient (Wildman–Crippen LogP) is 5.10. The number of hydrogen-bond acceptors (Lipinski definition) is 10. The highest BCUT2D eigenvalue weighted by molar-refractivity contribution is 8.00. The zero-order valence-electron chi connectivity index (χ0n) is 23.8. The molecule has 4 N–H and O–H groups in total. The van der Waals surface area contributed by atoms with Crippen LogP contribution in [0.15, 0.2) is 64.5 Å². The van der Waals surface area contributed by atoms with Crippen molar-refractivity contribution in [2.75, 3.05) is 15.8 Å². The first-order chi connectivity index (χ1) is 20.4. The molecule has 0 spiro atoms. The van der Waals surface area contributed by atoms with Gasteiger partial charge in [-0.1, -0.05) is 48.5 Å². The number of rotatable bonds is 9. The lowest BCUT2D eigenvalue weighted by molar-refractivity contribution is -0.115. The summed E-state index contributed by atoms with van der Waals surface area (Å²) < 4.78 is 28.1. The van der Waals surface area contributed by atoms with E-state index in [1.807, 2.05) is 26.0 Å². The third kappa shape index (κ3) is 7.09. The molecule has 1 amide bonds. The van der Waals surface area contributed by atoms with Gasteiger partial charge in [0.05, 0.1) is 15.7 Å². The van der Waals surface area contributed by atoms with Crippen molar-refractivity contribution < 1.29 is 13.2 Å². The Morgan fingerprint density at radius 2 is 1.56 bits per heavy atom. The van der Waals surface area contributed by atoms with Crippen LogP contribution in [0.3, 0.4) is 0 Å². The van der Waals surface area contributed by atoms with Gasteiger partial charge in [0.15, 0.2) is 0 Å². The minimum atomic E-state index is -3.97. The Morgan fingerprint density at radius 1 is 0.953 bits per heavy atom. The smallest absolute Gasteiger partial charge is 0.264 e. The summed E-state index contributed by atoms with van der Waals surface area (Å²) in [4.78, 5) is 25.8. The molecule has 4 aromatic rings. The molecule has 0 aliphatic rings. The summed E-state index contributed by atoms with van der Waals surface area (Å²) in [6.45, 7) is 7.22. The first-order valence-corrected chi connectivity index (χ1v) is 15.4. The molecule has 2 aromatic carbocycles. The monoisotopic (exact) mass is 612 g/mol. The van der Waals surface area contributed by atoms with Crippen molar-refractivity contribution in [3.05, 3.63) is 82.7 Å². The number of carbonyl (C=O) groups is 1. The Kier molecular flexibility index (Phi) is 9.29. The van der Waals surface area contributed by atoms with Crippen molar-refractivity contribution in [1.82, 2.24) is 15.0 Å². The third-order valence-electron chi connectivity index (χ3n) is 6.31. The molecular weight excluding hydrogens is 585 g/mol. The van der Waals surface area contributed by atoms with Crippen LogP contribution in [0, 0.1) is 43.4 Å². The molecule has 0 radical (unpaired) electrons. The highest BCUT2D eigenvalue weighted by Gasteiger charge is 2.26. The van der Waals surface area contributed by atoms with Crippen molar-refractivity contribution in [3.63, 3.8) is 0 Å². The summed E-state index contributed by atoms with van der Waals surface area (Å²) in [7, 11) is -3.97. The number of carbonyl (C=O) groups excluding carboxylic acids is 1. The number of amides is 1. The summed E-state index contributed by atoms with van der Waals surface area (Å²) in [6, 6.07) is 18.9. The summed E-state index contributed by atoms with van der Waals surface area (Å²) in [5.41, 5.74) is 10.0. The third-order valence-corrected chi connectivity index (χ3v) is 9.01. The number of pyridine rings is 1. The number of benzene rings is 2. The highest BCUT2D eigenvalue weighted by Crippen LogP contribution is 2.38. The molecule has 0 fully saturated rings. The van der Waals surface area contributed by atoms with Gasteiger partial charge < -0.3 is 11.1 Å². The lowest BCUT2D eigenvalue weighted by atomic mass is 9.96. The minimum Gasteiger partial charge on any atom is -0.383 e. The summed E-state index contributed by atoms with van der Waals surface area (Å²) in [5, 5.41) is 22.2. The molecule has 2 aromatic heterocycles. The SMILES string of the molecule is CCC(Sc1nc(N)c(C#N)c(-c2ccc(C)cc2)c1C#N)C(=O)Nc1ccc(S(=O)(=O)Nc2nc(C)cc(C)n2)cc1. The van der Waals surface area contributed by atoms with E-state index in [1.165, 1.54) is 24.3 Å². The van der Waals surface area contributed by atoms with E-state index in [0.29, 0.717) is 34.6 Å². The Bertz CT molecular complexity index is 1860. The van der Waals surface area contributed by atoms with Crippen molar-refractivity contribution in [2.45, 2.75) is 49.3 Å². The van der Waals surface area contributed by atoms with E-state index in [0.717, 1.165) is 17.3 Å². The molecule has 0 saturated carbocycles. The highest BCUT2D eigenvalue weighted by atomic mass is 32.2. The number of sulfonamides is 1. The first kappa shape index (κ1) is 31.0. The van der Waals surface area contributed by atoms with Gasteiger partial charge in [-0.05, 0) is 63.1 Å². The zero-order chi connectivity index (χ0) is 31.3. The van der Waals surface area contributed by atoms with Gasteiger partial charge in [0.25, 0.3) is 10.0 Å². The maximum atomic E-state index is 13.3. The first-order valence-electron chi connectivity index (χ1n) is 13.1. The van der Waals surface area contributed by atoms with Crippen LogP contribution < -0.4 is 15.8 Å². The Labute approximate surface area is 254 Å². The number of aromatic nitrogens is 3. The fourth-order valence-electron chi connectivity index (χ4n) is 4.24. The molecule has 0 bridgehead atoms. The van der Waals surface area contributed by atoms with Crippen LogP contribution in [0.25, 0.3) is 11.1 Å². The fourth-order valence-corrected chi connectivity index (χ4v) is 6.20. The van der Waals surface area contributed by atoms with Crippen molar-refractivity contribution in [3.8, 4) is 23.3 Å². The lowest BCUT2D eigenvalue weighted by Gasteiger charge is -2.18. The number of thioether (sulfide) groups is 1. The van der Waals surface area contributed by atoms with Crippen LogP contribution >= 0.6 is 11.8 Å². The quantitative estimate of drug-likeness (QED) is 0.215. The van der Waals surface area contributed by atoms with Crippen molar-refractivity contribution in [1.29, 1.82) is 10.5 Å². The van der Waals surface area contributed by atoms with E-state index in [1.54, 1.807) is 32.0 Å². The molecular formula is C30H28N8O3S2. The number of nitrogens with zero attached hydrogens (tertiary/aromatic N) is 5. The second-order valence-electron chi connectivity index (χ2n) is 9.63. The van der Waals surface area contributed by atoms with Gasteiger partial charge in [-0.3, -0.25) is 4.79 Å². The average molecular weight is 613 g/mol. The Morgan fingerprint density at radius 3 is 2.12 bits per heavy atom. The average Bonchev–Trinajstić information content (AvgIpc) is 2.95. The number of nitrogen functional groups attached to an aromatic ring is 1. The minimum absolute atomic E-state index is 0.0305. The van der Waals surface area contributed by atoms with Gasteiger partial charge in [0.2, 0.25) is 11.9 Å². The fraction of sp³-hybridized carbons (Fsp3) is 0.200. The van der Waals surface area contributed by atoms with Gasteiger partial charge in [-0.25, -0.2) is 28.1 Å². The van der Waals surface area contributed by atoms with Gasteiger partial charge in [0.1, 0.15) is 28.5 Å². The van der Waals surface area contributed by atoms with Crippen LogP contribution in [0.4, 0.5) is 17.5 Å². The summed E-state index contributed by atoms with van der Waals surface area (Å²) in [6.07, 6.45) is 0.384. The van der Waals surface area contributed by atoms with E-state index >= 15 is 0 Å². The number of nitriles is 2. The molecule has 2 heterocycles. The molecule has 1 unspecified atom stereocenters. The van der Waals surface area contributed by atoms with Crippen LogP contribution in [0.2, 0.25) is 0 Å². The van der Waals surface area contributed by atoms with E-state index in [9.17, 15) is 23.7 Å². The van der Waals surface area contributed by atoms with Gasteiger partial charge in [-0.15, -0.1) is 0 Å². The molecule has 1 atom stereocenters. The summed E-state index contributed by atoms with van der Waals surface area (Å²) >= 11 is 1.07. The van der Waals surface area contributed by atoms with Gasteiger partial charge in [-0.2, -0.15) is 10.5 Å². The van der Waals surface area contributed by atoms with E-state index in [4.69, 9.17) is 5.73 Å². The maximum Gasteiger partial charge on any atom is 0.264 e. The summed E-state index contributed by atoms with van der Waals surface area (Å²) in [5.74, 6) is -0.446. The second kappa shape index (κ2) is 12.9. The normalized spacial score (nSPS) is 11.7. The van der Waals surface area contributed by atoms with Gasteiger partial charge >= 0.3 is 0 Å². The van der Waals surface area contributed by atoms with Gasteiger partial charge in [0, 0.05) is 22.6 Å². The molecule has 0 saturated heterocycles. The molecule has 11 nitrogen and oxygen atoms in total. The molecule has 43 heavy (non-hydrogen) atoms.